The van der Waals surface area contributed by atoms with E-state index in [4.69, 9.17) is 36.2 Å². The molecule has 1 aliphatic heterocycles. The molecule has 0 amide bonds. The minimum absolute atomic E-state index is 0.134. The van der Waals surface area contributed by atoms with Crippen LogP contribution < -0.4 is 33.6 Å². The van der Waals surface area contributed by atoms with Crippen molar-refractivity contribution >= 4 is 20.7 Å². The van der Waals surface area contributed by atoms with Gasteiger partial charge in [0.1, 0.15) is 0 Å². The van der Waals surface area contributed by atoms with Crippen LogP contribution in [0.15, 0.2) is 9.98 Å². The molecule has 0 radical (unpaired) electrons. The highest BCUT2D eigenvalue weighted by Crippen LogP contribution is 2.19. The summed E-state index contributed by atoms with van der Waals surface area (Å²) in [5.74, 6) is -0.495. The molecule has 1 unspecified atom stereocenters. The van der Waals surface area contributed by atoms with Crippen LogP contribution in [-0.4, -0.2) is 90.5 Å². The third-order valence-electron chi connectivity index (χ3n) is 4.73. The van der Waals surface area contributed by atoms with Crippen LogP contribution in [0.3, 0.4) is 0 Å². The van der Waals surface area contributed by atoms with E-state index in [0.717, 1.165) is 19.5 Å². The first-order valence-electron chi connectivity index (χ1n) is 11.1. The Morgan fingerprint density at radius 2 is 1.58 bits per heavy atom. The maximum Gasteiger partial charge on any atom is 0.500 e. The second-order valence-corrected chi connectivity index (χ2v) is 9.87. The molecule has 0 bridgehead atoms. The second-order valence-electron chi connectivity index (χ2n) is 7.13. The molecule has 0 saturated heterocycles. The molecule has 0 aromatic carbocycles. The highest BCUT2D eigenvalue weighted by atomic mass is 28.4. The molecule has 0 aliphatic carbocycles. The Labute approximate surface area is 187 Å². The van der Waals surface area contributed by atoms with E-state index in [0.29, 0.717) is 58.5 Å². The maximum atomic E-state index is 5.95. The molecule has 0 saturated carbocycles. The van der Waals surface area contributed by atoms with Gasteiger partial charge in [0.05, 0.1) is 0 Å². The van der Waals surface area contributed by atoms with Gasteiger partial charge in [-0.25, -0.2) is 4.99 Å². The van der Waals surface area contributed by atoms with Gasteiger partial charge >= 0.3 is 8.80 Å². The molecule has 13 heteroatoms. The van der Waals surface area contributed by atoms with Crippen LogP contribution in [0.25, 0.3) is 0 Å². The van der Waals surface area contributed by atoms with Crippen molar-refractivity contribution in [2.24, 2.45) is 32.9 Å². The summed E-state index contributed by atoms with van der Waals surface area (Å²) in [6, 6.07) is 0.695. The number of aliphatic imine (C=N–C) groups is 2. The lowest BCUT2D eigenvalue weighted by Gasteiger charge is -2.36. The summed E-state index contributed by atoms with van der Waals surface area (Å²) in [7, 11) is -2.70. The first-order valence-corrected chi connectivity index (χ1v) is 13.1. The average Bonchev–Trinajstić information content (AvgIpc) is 2.70. The van der Waals surface area contributed by atoms with Gasteiger partial charge in [0, 0.05) is 65.0 Å². The first kappa shape index (κ1) is 27.7. The normalized spacial score (nSPS) is 19.3. The van der Waals surface area contributed by atoms with Gasteiger partial charge in [0.15, 0.2) is 11.7 Å². The molecular formula is C18H43N9O3Si. The van der Waals surface area contributed by atoms with E-state index < -0.39 is 14.6 Å². The summed E-state index contributed by atoms with van der Waals surface area (Å²) in [5, 5.41) is 6.61. The molecule has 1 aliphatic rings. The number of nitrogens with one attached hydrogen (secondary N) is 2. The van der Waals surface area contributed by atoms with Crippen molar-refractivity contribution in [3.8, 4) is 0 Å². The lowest BCUT2D eigenvalue weighted by atomic mass is 10.2. The molecule has 31 heavy (non-hydrogen) atoms. The first-order chi connectivity index (χ1) is 14.9. The van der Waals surface area contributed by atoms with Crippen molar-refractivity contribution < 1.29 is 13.3 Å². The Kier molecular flexibility index (Phi) is 13.1. The average molecular weight is 462 g/mol. The van der Waals surface area contributed by atoms with Gasteiger partial charge < -0.3 is 46.4 Å². The largest absolute Gasteiger partial charge is 0.500 e. The van der Waals surface area contributed by atoms with Gasteiger partial charge in [0.2, 0.25) is 5.96 Å². The van der Waals surface area contributed by atoms with Crippen molar-refractivity contribution in [3.05, 3.63) is 0 Å². The minimum Gasteiger partial charge on any atom is -0.374 e. The molecule has 1 rings (SSSR count). The van der Waals surface area contributed by atoms with E-state index in [9.17, 15) is 0 Å². The van der Waals surface area contributed by atoms with Gasteiger partial charge in [-0.3, -0.25) is 5.32 Å². The van der Waals surface area contributed by atoms with Crippen molar-refractivity contribution in [3.63, 3.8) is 0 Å². The topological polar surface area (TPSA) is 184 Å². The lowest BCUT2D eigenvalue weighted by Crippen LogP contribution is -2.63. The van der Waals surface area contributed by atoms with Crippen molar-refractivity contribution in [1.29, 1.82) is 0 Å². The fraction of sp³-hybridized carbons (Fsp3) is 0.889. The third kappa shape index (κ3) is 9.78. The number of rotatable bonds is 18. The second kappa shape index (κ2) is 14.7. The van der Waals surface area contributed by atoms with Gasteiger partial charge in [-0.15, -0.1) is 0 Å². The van der Waals surface area contributed by atoms with Crippen LogP contribution in [0.4, 0.5) is 0 Å². The van der Waals surface area contributed by atoms with Crippen molar-refractivity contribution in [1.82, 2.24) is 15.5 Å². The standard InChI is InChI=1S/C18H43N9O3Si/c1-4-28-31(29-5-2,30-6-3)15-7-11-23-18(25-16(21)24-17(22)26-18)8-12-27(13-9-19)14-10-20/h23H,4-15,19-20H2,1-3H3,(H5,21,22,24,25,26). The Morgan fingerprint density at radius 3 is 2.06 bits per heavy atom. The predicted molar refractivity (Wildman–Crippen MR) is 126 cm³/mol. The molecular weight excluding hydrogens is 418 g/mol. The Morgan fingerprint density at radius 1 is 1.00 bits per heavy atom. The Bertz CT molecular complexity index is 544. The molecule has 0 fully saturated rings. The molecule has 182 valence electrons. The van der Waals surface area contributed by atoms with Gasteiger partial charge in [-0.1, -0.05) is 0 Å². The molecule has 10 N–H and O–H groups in total. The van der Waals surface area contributed by atoms with Crippen LogP contribution in [0.5, 0.6) is 0 Å². The quantitative estimate of drug-likeness (QED) is 0.104. The van der Waals surface area contributed by atoms with E-state index in [1.807, 2.05) is 20.8 Å². The van der Waals surface area contributed by atoms with Crippen LogP contribution in [-0.2, 0) is 13.3 Å². The van der Waals surface area contributed by atoms with E-state index in [1.165, 1.54) is 0 Å². The number of hydrogen-bond donors (Lipinski definition) is 6. The molecule has 1 atom stereocenters. The number of hydrogen-bond acceptors (Lipinski definition) is 12. The fourth-order valence-corrected chi connectivity index (χ4v) is 6.14. The molecule has 0 aromatic heterocycles. The highest BCUT2D eigenvalue weighted by Gasteiger charge is 2.40. The Hall–Kier alpha value is -1.32. The Balaban J connectivity index is 2.79. The smallest absolute Gasteiger partial charge is 0.374 e. The number of guanidine groups is 2. The van der Waals surface area contributed by atoms with Crippen molar-refractivity contribution in [2.45, 2.75) is 45.4 Å². The van der Waals surface area contributed by atoms with Gasteiger partial charge in [-0.2, -0.15) is 4.99 Å². The molecule has 0 aromatic rings. The number of nitrogens with zero attached hydrogens (tertiary/aromatic N) is 3. The highest BCUT2D eigenvalue weighted by molar-refractivity contribution is 6.60. The van der Waals surface area contributed by atoms with E-state index in [-0.39, 0.29) is 11.9 Å². The zero-order valence-electron chi connectivity index (χ0n) is 19.4. The summed E-state index contributed by atoms with van der Waals surface area (Å²) in [6.07, 6.45) is 1.38. The molecule has 0 spiro atoms. The van der Waals surface area contributed by atoms with Crippen LogP contribution >= 0.6 is 0 Å². The fourth-order valence-electron chi connectivity index (χ4n) is 3.52. The summed E-state index contributed by atoms with van der Waals surface area (Å²) >= 11 is 0. The zero-order chi connectivity index (χ0) is 23.2. The predicted octanol–water partition coefficient (Wildman–Crippen LogP) is -1.49. The monoisotopic (exact) mass is 461 g/mol. The van der Waals surface area contributed by atoms with Crippen LogP contribution in [0.1, 0.15) is 33.6 Å². The maximum absolute atomic E-state index is 5.95. The van der Waals surface area contributed by atoms with Crippen LogP contribution in [0.2, 0.25) is 6.04 Å². The summed E-state index contributed by atoms with van der Waals surface area (Å²) < 4.78 is 17.8. The third-order valence-corrected chi connectivity index (χ3v) is 7.88. The summed E-state index contributed by atoms with van der Waals surface area (Å²) in [5.41, 5.74) is 23.3. The summed E-state index contributed by atoms with van der Waals surface area (Å²) in [4.78, 5) is 10.7. The molecule has 1 heterocycles. The minimum atomic E-state index is -2.70. The van der Waals surface area contributed by atoms with E-state index in [2.05, 4.69) is 25.5 Å². The van der Waals surface area contributed by atoms with Gasteiger partial charge in [0.25, 0.3) is 0 Å². The van der Waals surface area contributed by atoms with E-state index >= 15 is 0 Å². The van der Waals surface area contributed by atoms with Gasteiger partial charge in [-0.05, 0) is 33.7 Å². The molecule has 12 nitrogen and oxygen atoms in total. The SMILES string of the molecule is CCO[Si](CCCNC1(CCN(CCN)CCN)N=C(N)N=C(N)N1)(OCC)OCC. The van der Waals surface area contributed by atoms with Crippen LogP contribution in [0, 0.1) is 0 Å². The number of nitrogens with two attached hydrogens (primary N) is 4. The summed E-state index contributed by atoms with van der Waals surface area (Å²) in [6.45, 7) is 11.5. The zero-order valence-corrected chi connectivity index (χ0v) is 20.4. The van der Waals surface area contributed by atoms with Crippen molar-refractivity contribution in [2.75, 3.05) is 59.1 Å². The van der Waals surface area contributed by atoms with E-state index in [1.54, 1.807) is 0 Å². The lowest BCUT2D eigenvalue weighted by molar-refractivity contribution is 0.0705.